The van der Waals surface area contributed by atoms with Gasteiger partial charge in [0.05, 0.1) is 5.56 Å². The molecule has 8 heteroatoms. The Morgan fingerprint density at radius 2 is 1.79 bits per heavy atom. The van der Waals surface area contributed by atoms with Crippen molar-refractivity contribution >= 4 is 17.8 Å². The van der Waals surface area contributed by atoms with Gasteiger partial charge in [0.25, 0.3) is 0 Å². The molecular weight excluding hydrogens is 480 g/mol. The molecule has 2 fully saturated rings. The lowest BCUT2D eigenvalue weighted by Crippen LogP contribution is -2.73. The second kappa shape index (κ2) is 11.3. The van der Waals surface area contributed by atoms with Gasteiger partial charge in [-0.3, -0.25) is 14.5 Å². The van der Waals surface area contributed by atoms with Crippen molar-refractivity contribution in [3.63, 3.8) is 0 Å². The van der Waals surface area contributed by atoms with Crippen LogP contribution in [0.4, 0.5) is 0 Å². The molecule has 3 heterocycles. The molecule has 1 aromatic heterocycles. The van der Waals surface area contributed by atoms with Crippen molar-refractivity contribution in [1.82, 2.24) is 19.7 Å². The lowest BCUT2D eigenvalue weighted by molar-refractivity contribution is -0.161. The topological polar surface area (TPSA) is 94.9 Å². The number of benzene rings is 1. The van der Waals surface area contributed by atoms with Crippen molar-refractivity contribution in [2.45, 2.75) is 84.8 Å². The number of aromatic carboxylic acids is 1. The molecule has 38 heavy (non-hydrogen) atoms. The lowest BCUT2D eigenvalue weighted by atomic mass is 9.80. The molecule has 2 aliphatic heterocycles. The van der Waals surface area contributed by atoms with Crippen molar-refractivity contribution in [3.05, 3.63) is 52.8 Å². The summed E-state index contributed by atoms with van der Waals surface area (Å²) in [7, 11) is 0. The van der Waals surface area contributed by atoms with Crippen LogP contribution in [-0.4, -0.2) is 68.5 Å². The molecule has 1 unspecified atom stereocenters. The summed E-state index contributed by atoms with van der Waals surface area (Å²) in [6.45, 7) is 13.3. The van der Waals surface area contributed by atoms with E-state index >= 15 is 0 Å². The second-order valence-corrected chi connectivity index (χ2v) is 11.4. The third kappa shape index (κ3) is 5.37. The lowest BCUT2D eigenvalue weighted by Gasteiger charge is -2.52. The van der Waals surface area contributed by atoms with Crippen molar-refractivity contribution in [2.75, 3.05) is 19.6 Å². The highest BCUT2D eigenvalue weighted by molar-refractivity contribution is 6.00. The highest BCUT2D eigenvalue weighted by Crippen LogP contribution is 2.35. The predicted molar refractivity (Wildman–Crippen MR) is 147 cm³/mol. The molecule has 2 N–H and O–H groups in total. The fraction of sp³-hybridized carbons (Fsp3) is 0.567. The first-order valence-corrected chi connectivity index (χ1v) is 13.9. The van der Waals surface area contributed by atoms with Gasteiger partial charge in [0, 0.05) is 43.3 Å². The van der Waals surface area contributed by atoms with Gasteiger partial charge in [0.1, 0.15) is 11.6 Å². The molecule has 1 atom stereocenters. The fourth-order valence-electron chi connectivity index (χ4n) is 6.11. The van der Waals surface area contributed by atoms with Gasteiger partial charge in [-0.15, -0.1) is 0 Å². The molecule has 2 aliphatic rings. The predicted octanol–water partition coefficient (Wildman–Crippen LogP) is 4.30. The molecule has 1 spiro atoms. The Balaban J connectivity index is 1.48. The molecule has 8 nitrogen and oxygen atoms in total. The number of carbonyl (C=O) groups excluding carboxylic acids is 2. The van der Waals surface area contributed by atoms with E-state index in [0.717, 1.165) is 49.6 Å². The summed E-state index contributed by atoms with van der Waals surface area (Å²) in [6.07, 6.45) is 3.83. The molecule has 2 saturated heterocycles. The Bertz CT molecular complexity index is 1180. The number of piperazine rings is 1. The Hall–Kier alpha value is -3.13. The van der Waals surface area contributed by atoms with Gasteiger partial charge in [-0.2, -0.15) is 0 Å². The SMILES string of the molecule is CCCCN1C(=O)C(CC(C)C)NC(=O)C12CCN(Cc1cc(C)n(-c3ccc(C(=O)O)cc3)c1C)CC2. The van der Waals surface area contributed by atoms with E-state index in [0.29, 0.717) is 31.7 Å². The van der Waals surface area contributed by atoms with Crippen LogP contribution in [0.3, 0.4) is 0 Å². The van der Waals surface area contributed by atoms with E-state index < -0.39 is 17.6 Å². The van der Waals surface area contributed by atoms with Crippen molar-refractivity contribution in [3.8, 4) is 5.69 Å². The zero-order valence-electron chi connectivity index (χ0n) is 23.4. The summed E-state index contributed by atoms with van der Waals surface area (Å²) in [6, 6.07) is 8.71. The number of carboxylic acid groups (broad SMARTS) is 1. The number of hydrogen-bond acceptors (Lipinski definition) is 4. The maximum Gasteiger partial charge on any atom is 0.335 e. The molecule has 4 rings (SSSR count). The largest absolute Gasteiger partial charge is 0.478 e. The number of likely N-dealkylation sites (tertiary alicyclic amines) is 1. The van der Waals surface area contributed by atoms with Crippen molar-refractivity contribution in [1.29, 1.82) is 0 Å². The normalized spacial score (nSPS) is 19.8. The highest BCUT2D eigenvalue weighted by atomic mass is 16.4. The maximum atomic E-state index is 13.5. The van der Waals surface area contributed by atoms with Gasteiger partial charge < -0.3 is 19.9 Å². The monoisotopic (exact) mass is 522 g/mol. The number of amides is 2. The number of carboxylic acids is 1. The first-order chi connectivity index (χ1) is 18.1. The van der Waals surface area contributed by atoms with Crippen LogP contribution < -0.4 is 5.32 Å². The number of aryl methyl sites for hydroxylation is 1. The molecule has 0 aliphatic carbocycles. The summed E-state index contributed by atoms with van der Waals surface area (Å²) in [5, 5.41) is 12.3. The molecule has 2 aromatic rings. The number of nitrogens with zero attached hydrogens (tertiary/aromatic N) is 3. The van der Waals surface area contributed by atoms with Crippen molar-refractivity contribution in [2.24, 2.45) is 5.92 Å². The van der Waals surface area contributed by atoms with E-state index in [9.17, 15) is 19.5 Å². The fourth-order valence-corrected chi connectivity index (χ4v) is 6.11. The van der Waals surface area contributed by atoms with E-state index in [1.54, 1.807) is 12.1 Å². The minimum atomic E-state index is -0.932. The average Bonchev–Trinajstić information content (AvgIpc) is 3.15. The number of aromatic nitrogens is 1. The standard InChI is InChI=1S/C30H42N4O4/c1-6-7-14-33-27(35)26(17-20(2)3)31-29(38)30(33)12-15-32(16-13-30)19-24-18-21(4)34(22(24)5)25-10-8-23(9-11-25)28(36)37/h8-11,18,20,26H,6-7,12-17,19H2,1-5H3,(H,31,38)(H,36,37). The number of rotatable bonds is 9. The minimum Gasteiger partial charge on any atom is -0.478 e. The van der Waals surface area contributed by atoms with Crippen LogP contribution in [0, 0.1) is 19.8 Å². The number of unbranched alkanes of at least 4 members (excludes halogenated alkanes) is 1. The number of nitrogens with one attached hydrogen (secondary N) is 1. The van der Waals surface area contributed by atoms with Crippen molar-refractivity contribution < 1.29 is 19.5 Å². The van der Waals surface area contributed by atoms with Gasteiger partial charge in [-0.05, 0) is 81.3 Å². The average molecular weight is 523 g/mol. The van der Waals surface area contributed by atoms with E-state index in [-0.39, 0.29) is 17.4 Å². The molecule has 2 amide bonds. The van der Waals surface area contributed by atoms with E-state index in [1.807, 2.05) is 17.0 Å². The Morgan fingerprint density at radius 3 is 2.37 bits per heavy atom. The van der Waals surface area contributed by atoms with E-state index in [4.69, 9.17) is 0 Å². The third-order valence-corrected chi connectivity index (χ3v) is 8.24. The molecule has 0 radical (unpaired) electrons. The quantitative estimate of drug-likeness (QED) is 0.512. The Morgan fingerprint density at radius 1 is 1.13 bits per heavy atom. The Labute approximate surface area is 226 Å². The molecule has 0 saturated carbocycles. The summed E-state index contributed by atoms with van der Waals surface area (Å²) in [5.41, 5.74) is 3.88. The first kappa shape index (κ1) is 27.9. The van der Waals surface area contributed by atoms with Gasteiger partial charge >= 0.3 is 5.97 Å². The summed E-state index contributed by atoms with van der Waals surface area (Å²) >= 11 is 0. The third-order valence-electron chi connectivity index (χ3n) is 8.24. The number of hydrogen-bond donors (Lipinski definition) is 2. The molecule has 206 valence electrons. The number of carbonyl (C=O) groups is 3. The minimum absolute atomic E-state index is 0.0153. The Kier molecular flexibility index (Phi) is 8.31. The van der Waals surface area contributed by atoms with Crippen LogP contribution in [0.2, 0.25) is 0 Å². The van der Waals surface area contributed by atoms with Crippen LogP contribution in [0.5, 0.6) is 0 Å². The maximum absolute atomic E-state index is 13.5. The van der Waals surface area contributed by atoms with Gasteiger partial charge in [0.2, 0.25) is 11.8 Å². The first-order valence-electron chi connectivity index (χ1n) is 13.9. The molecule has 1 aromatic carbocycles. The van der Waals surface area contributed by atoms with Gasteiger partial charge in [-0.25, -0.2) is 4.79 Å². The molecular formula is C30H42N4O4. The molecule has 0 bridgehead atoms. The summed E-state index contributed by atoms with van der Waals surface area (Å²) in [5.74, 6) is -0.500. The summed E-state index contributed by atoms with van der Waals surface area (Å²) < 4.78 is 2.15. The zero-order valence-corrected chi connectivity index (χ0v) is 23.4. The number of piperidine rings is 1. The summed E-state index contributed by atoms with van der Waals surface area (Å²) in [4.78, 5) is 42.5. The van der Waals surface area contributed by atoms with Crippen LogP contribution in [0.15, 0.2) is 30.3 Å². The van der Waals surface area contributed by atoms with Crippen LogP contribution in [-0.2, 0) is 16.1 Å². The highest BCUT2D eigenvalue weighted by Gasteiger charge is 2.53. The van der Waals surface area contributed by atoms with Crippen LogP contribution >= 0.6 is 0 Å². The van der Waals surface area contributed by atoms with Gasteiger partial charge in [0.15, 0.2) is 0 Å². The smallest absolute Gasteiger partial charge is 0.335 e. The van der Waals surface area contributed by atoms with Gasteiger partial charge in [-0.1, -0.05) is 27.2 Å². The zero-order chi connectivity index (χ0) is 27.6. The van der Waals surface area contributed by atoms with E-state index in [1.165, 1.54) is 5.56 Å². The van der Waals surface area contributed by atoms with E-state index in [2.05, 4.69) is 55.5 Å². The second-order valence-electron chi connectivity index (χ2n) is 11.4. The van der Waals surface area contributed by atoms with Crippen LogP contribution in [0.1, 0.15) is 80.2 Å². The van der Waals surface area contributed by atoms with Crippen LogP contribution in [0.25, 0.3) is 5.69 Å².